The summed E-state index contributed by atoms with van der Waals surface area (Å²) in [5, 5.41) is 10.8. The summed E-state index contributed by atoms with van der Waals surface area (Å²) in [4.78, 5) is 4.00. The number of rotatable bonds is 2. The fourth-order valence-corrected chi connectivity index (χ4v) is 4.21. The quantitative estimate of drug-likeness (QED) is 0.826. The Bertz CT molecular complexity index is 458. The number of aliphatic hydroxyl groups excluding tert-OH is 1. The van der Waals surface area contributed by atoms with E-state index in [1.165, 1.54) is 37.2 Å². The molecular formula is C15H19NOS. The molecule has 2 aliphatic rings. The van der Waals surface area contributed by atoms with Crippen LogP contribution in [0.25, 0.3) is 0 Å². The molecule has 2 atom stereocenters. The van der Waals surface area contributed by atoms with Crippen LogP contribution >= 0.6 is 11.3 Å². The van der Waals surface area contributed by atoms with E-state index in [0.29, 0.717) is 0 Å². The van der Waals surface area contributed by atoms with Crippen molar-refractivity contribution in [1.82, 2.24) is 4.90 Å². The Balaban J connectivity index is 1.58. The molecule has 2 heterocycles. The number of thiophene rings is 1. The predicted molar refractivity (Wildman–Crippen MR) is 74.4 cm³/mol. The van der Waals surface area contributed by atoms with Crippen LogP contribution in [0, 0.1) is 23.7 Å². The van der Waals surface area contributed by atoms with Gasteiger partial charge in [0.15, 0.2) is 0 Å². The van der Waals surface area contributed by atoms with Crippen molar-refractivity contribution < 1.29 is 5.11 Å². The van der Waals surface area contributed by atoms with Gasteiger partial charge in [-0.1, -0.05) is 18.3 Å². The van der Waals surface area contributed by atoms with E-state index < -0.39 is 0 Å². The minimum absolute atomic E-state index is 0.0549. The Hall–Kier alpha value is -0.820. The van der Waals surface area contributed by atoms with Crippen molar-refractivity contribution in [2.75, 3.05) is 19.7 Å². The average Bonchev–Trinajstić information content (AvgIpc) is 3.02. The molecule has 18 heavy (non-hydrogen) atoms. The van der Waals surface area contributed by atoms with Gasteiger partial charge in [0, 0.05) is 35.5 Å². The Kier molecular flexibility index (Phi) is 3.69. The van der Waals surface area contributed by atoms with Gasteiger partial charge in [-0.2, -0.15) is 0 Å². The zero-order valence-electron chi connectivity index (χ0n) is 10.6. The maximum atomic E-state index is 8.68. The summed E-state index contributed by atoms with van der Waals surface area (Å²) in [6.07, 6.45) is 4.33. The highest BCUT2D eigenvalue weighted by molar-refractivity contribution is 7.10. The smallest absolute Gasteiger partial charge is 0.104 e. The van der Waals surface area contributed by atoms with Crippen molar-refractivity contribution in [1.29, 1.82) is 0 Å². The first-order valence-corrected chi connectivity index (χ1v) is 7.62. The van der Waals surface area contributed by atoms with Crippen molar-refractivity contribution in [2.45, 2.75) is 25.8 Å². The van der Waals surface area contributed by atoms with Gasteiger partial charge in [0.05, 0.1) is 0 Å². The van der Waals surface area contributed by atoms with Gasteiger partial charge in [-0.15, -0.1) is 11.3 Å². The molecule has 1 saturated carbocycles. The van der Waals surface area contributed by atoms with Gasteiger partial charge in [-0.25, -0.2) is 0 Å². The van der Waals surface area contributed by atoms with E-state index in [1.54, 1.807) is 11.3 Å². The molecule has 2 nitrogen and oxygen atoms in total. The number of fused-ring (bicyclic) bond motifs is 1. The molecule has 96 valence electrons. The molecule has 2 unspecified atom stereocenters. The average molecular weight is 261 g/mol. The molecule has 1 aromatic rings. The monoisotopic (exact) mass is 261 g/mol. The van der Waals surface area contributed by atoms with E-state index in [2.05, 4.69) is 28.2 Å². The zero-order valence-corrected chi connectivity index (χ0v) is 11.4. The van der Waals surface area contributed by atoms with Gasteiger partial charge in [-0.3, -0.25) is 4.90 Å². The largest absolute Gasteiger partial charge is 0.384 e. The van der Waals surface area contributed by atoms with Crippen molar-refractivity contribution in [2.24, 2.45) is 11.8 Å². The molecule has 3 rings (SSSR count). The first-order chi connectivity index (χ1) is 8.85. The van der Waals surface area contributed by atoms with Crippen molar-refractivity contribution in [3.8, 4) is 11.8 Å². The molecular weight excluding hydrogens is 242 g/mol. The minimum atomic E-state index is -0.0549. The summed E-state index contributed by atoms with van der Waals surface area (Å²) in [6, 6.07) is 2.17. The Labute approximate surface area is 113 Å². The first-order valence-electron chi connectivity index (χ1n) is 6.74. The molecule has 0 aromatic carbocycles. The molecule has 1 aliphatic heterocycles. The summed E-state index contributed by atoms with van der Waals surface area (Å²) >= 11 is 1.79. The molecule has 1 aromatic heterocycles. The number of nitrogens with zero attached hydrogens (tertiary/aromatic N) is 1. The van der Waals surface area contributed by atoms with Gasteiger partial charge < -0.3 is 5.11 Å². The molecule has 0 radical (unpaired) electrons. The summed E-state index contributed by atoms with van der Waals surface area (Å²) in [7, 11) is 0. The van der Waals surface area contributed by atoms with Crippen molar-refractivity contribution >= 4 is 11.3 Å². The van der Waals surface area contributed by atoms with E-state index in [4.69, 9.17) is 5.11 Å². The predicted octanol–water partition coefficient (Wildman–Crippen LogP) is 2.32. The Morgan fingerprint density at radius 3 is 2.83 bits per heavy atom. The third-order valence-corrected chi connectivity index (χ3v) is 5.07. The van der Waals surface area contributed by atoms with E-state index in [1.807, 2.05) is 0 Å². The highest BCUT2D eigenvalue weighted by Gasteiger charge is 2.35. The van der Waals surface area contributed by atoms with E-state index in [0.717, 1.165) is 23.9 Å². The van der Waals surface area contributed by atoms with Gasteiger partial charge in [0.2, 0.25) is 0 Å². The number of hydrogen-bond donors (Lipinski definition) is 1. The van der Waals surface area contributed by atoms with Crippen molar-refractivity contribution in [3.05, 3.63) is 21.9 Å². The highest BCUT2D eigenvalue weighted by atomic mass is 32.1. The van der Waals surface area contributed by atoms with Crippen molar-refractivity contribution in [3.63, 3.8) is 0 Å². The Morgan fingerprint density at radius 2 is 2.11 bits per heavy atom. The summed E-state index contributed by atoms with van der Waals surface area (Å²) in [5.74, 6) is 7.62. The second-order valence-corrected chi connectivity index (χ2v) is 6.40. The molecule has 1 aliphatic carbocycles. The molecule has 2 fully saturated rings. The lowest BCUT2D eigenvalue weighted by atomic mass is 10.0. The minimum Gasteiger partial charge on any atom is -0.384 e. The van der Waals surface area contributed by atoms with Crippen LogP contribution < -0.4 is 0 Å². The molecule has 0 spiro atoms. The lowest BCUT2D eigenvalue weighted by molar-refractivity contribution is 0.306. The third kappa shape index (κ3) is 2.61. The zero-order chi connectivity index (χ0) is 12.4. The van der Waals surface area contributed by atoms with Crippen LogP contribution in [-0.4, -0.2) is 29.7 Å². The van der Waals surface area contributed by atoms with E-state index in [-0.39, 0.29) is 6.61 Å². The molecule has 1 saturated heterocycles. The highest BCUT2D eigenvalue weighted by Crippen LogP contribution is 2.38. The normalized spacial score (nSPS) is 26.9. The van der Waals surface area contributed by atoms with Crippen LogP contribution in [0.5, 0.6) is 0 Å². The van der Waals surface area contributed by atoms with Gasteiger partial charge in [0.1, 0.15) is 6.61 Å². The lowest BCUT2D eigenvalue weighted by Crippen LogP contribution is -2.20. The summed E-state index contributed by atoms with van der Waals surface area (Å²) in [5.41, 5.74) is 1.04. The fourth-order valence-electron chi connectivity index (χ4n) is 3.35. The second-order valence-electron chi connectivity index (χ2n) is 5.41. The van der Waals surface area contributed by atoms with E-state index >= 15 is 0 Å². The molecule has 0 amide bonds. The van der Waals surface area contributed by atoms with E-state index in [9.17, 15) is 0 Å². The maximum absolute atomic E-state index is 8.68. The molecule has 1 N–H and O–H groups in total. The van der Waals surface area contributed by atoms with Crippen LogP contribution in [0.1, 0.15) is 29.7 Å². The fraction of sp³-hybridized carbons (Fsp3) is 0.600. The van der Waals surface area contributed by atoms with Gasteiger partial charge in [0.25, 0.3) is 0 Å². The van der Waals surface area contributed by atoms with Crippen LogP contribution in [0.15, 0.2) is 11.4 Å². The van der Waals surface area contributed by atoms with Gasteiger partial charge >= 0.3 is 0 Å². The lowest BCUT2D eigenvalue weighted by Gasteiger charge is -2.15. The van der Waals surface area contributed by atoms with Crippen LogP contribution in [-0.2, 0) is 6.54 Å². The van der Waals surface area contributed by atoms with Crippen LogP contribution in [0.4, 0.5) is 0 Å². The van der Waals surface area contributed by atoms with Crippen LogP contribution in [0.2, 0.25) is 0 Å². The SMILES string of the molecule is OCC#Cc1csc(CN2CC3CCCC3C2)c1. The number of likely N-dealkylation sites (tertiary alicyclic amines) is 1. The second kappa shape index (κ2) is 5.44. The number of hydrogen-bond acceptors (Lipinski definition) is 3. The summed E-state index contributed by atoms with van der Waals surface area (Å²) < 4.78 is 0. The molecule has 3 heteroatoms. The Morgan fingerprint density at radius 1 is 1.33 bits per heavy atom. The van der Waals surface area contributed by atoms with Gasteiger partial charge in [-0.05, 0) is 30.7 Å². The first kappa shape index (κ1) is 12.2. The maximum Gasteiger partial charge on any atom is 0.104 e. The standard InChI is InChI=1S/C15H19NOS/c17-6-2-3-12-7-15(18-11-12)10-16-8-13-4-1-5-14(13)9-16/h7,11,13-14,17H,1,4-6,8-10H2. The summed E-state index contributed by atoms with van der Waals surface area (Å²) in [6.45, 7) is 3.61. The van der Waals surface area contributed by atoms with Crippen LogP contribution in [0.3, 0.4) is 0 Å². The molecule has 0 bridgehead atoms. The third-order valence-electron chi connectivity index (χ3n) is 4.15. The topological polar surface area (TPSA) is 23.5 Å². The number of aliphatic hydroxyl groups is 1.